The number of nitrogens with zero attached hydrogens (tertiary/aromatic N) is 3. The van der Waals surface area contributed by atoms with Crippen LogP contribution in [-0.4, -0.2) is 87.4 Å². The minimum atomic E-state index is 0. The largest absolute Gasteiger partial charge is 0.379 e. The molecule has 3 fully saturated rings. The van der Waals surface area contributed by atoms with E-state index in [1.54, 1.807) is 0 Å². The summed E-state index contributed by atoms with van der Waals surface area (Å²) >= 11 is 0. The van der Waals surface area contributed by atoms with E-state index in [0.717, 1.165) is 57.2 Å². The molecule has 1 atom stereocenters. The molecule has 0 amide bonds. The monoisotopic (exact) mass is 535 g/mol. The lowest BCUT2D eigenvalue weighted by atomic mass is 9.80. The van der Waals surface area contributed by atoms with Gasteiger partial charge >= 0.3 is 0 Å². The average Bonchev–Trinajstić information content (AvgIpc) is 2.75. The van der Waals surface area contributed by atoms with Crippen LogP contribution in [0.3, 0.4) is 0 Å². The van der Waals surface area contributed by atoms with E-state index in [1.165, 1.54) is 64.6 Å². The topological polar surface area (TPSA) is 52.1 Å². The van der Waals surface area contributed by atoms with E-state index in [9.17, 15) is 0 Å². The molecule has 2 aliphatic heterocycles. The van der Waals surface area contributed by atoms with Crippen LogP contribution in [0.15, 0.2) is 4.99 Å². The standard InChI is InChI=1S/C23H45N5O.HI/c1-20(2)17-27-11-7-8-21(18-27)16-25-22(24-3)26-19-23(9-5-4-6-10-23)28-12-14-29-15-13-28;/h20-21H,4-19H2,1-3H3,(H2,24,25,26);1H. The Morgan fingerprint density at radius 3 is 2.47 bits per heavy atom. The number of piperidine rings is 1. The number of guanidine groups is 1. The maximum atomic E-state index is 5.62. The Hall–Kier alpha value is -0.120. The molecule has 2 N–H and O–H groups in total. The minimum Gasteiger partial charge on any atom is -0.379 e. The van der Waals surface area contributed by atoms with Gasteiger partial charge < -0.3 is 20.3 Å². The van der Waals surface area contributed by atoms with Crippen molar-refractivity contribution in [2.45, 2.75) is 64.3 Å². The van der Waals surface area contributed by atoms with E-state index in [2.05, 4.69) is 39.3 Å². The van der Waals surface area contributed by atoms with Gasteiger partial charge in [0.1, 0.15) is 0 Å². The highest BCUT2D eigenvalue weighted by Gasteiger charge is 2.38. The minimum absolute atomic E-state index is 0. The summed E-state index contributed by atoms with van der Waals surface area (Å²) in [7, 11) is 1.91. The highest BCUT2D eigenvalue weighted by Crippen LogP contribution is 2.33. The number of ether oxygens (including phenoxy) is 1. The molecule has 1 saturated carbocycles. The van der Waals surface area contributed by atoms with Gasteiger partial charge in [0.05, 0.1) is 13.2 Å². The Morgan fingerprint density at radius 2 is 1.80 bits per heavy atom. The lowest BCUT2D eigenvalue weighted by molar-refractivity contribution is -0.0352. The van der Waals surface area contributed by atoms with Crippen LogP contribution in [-0.2, 0) is 4.74 Å². The first-order valence-electron chi connectivity index (χ1n) is 12.1. The highest BCUT2D eigenvalue weighted by molar-refractivity contribution is 14.0. The van der Waals surface area contributed by atoms with Crippen molar-refractivity contribution in [3.63, 3.8) is 0 Å². The third-order valence-electron chi connectivity index (χ3n) is 7.06. The molecule has 2 saturated heterocycles. The SMILES string of the molecule is CN=C(NCC1CCCN(CC(C)C)C1)NCC1(N2CCOCC2)CCCCC1.I. The van der Waals surface area contributed by atoms with Gasteiger partial charge in [0.2, 0.25) is 0 Å². The predicted molar refractivity (Wildman–Crippen MR) is 137 cm³/mol. The highest BCUT2D eigenvalue weighted by atomic mass is 127. The van der Waals surface area contributed by atoms with Crippen molar-refractivity contribution in [2.24, 2.45) is 16.8 Å². The summed E-state index contributed by atoms with van der Waals surface area (Å²) in [6.45, 7) is 14.3. The van der Waals surface area contributed by atoms with Gasteiger partial charge in [0.25, 0.3) is 0 Å². The van der Waals surface area contributed by atoms with Gasteiger partial charge in [0, 0.05) is 51.9 Å². The molecule has 0 aromatic carbocycles. The second kappa shape index (κ2) is 13.4. The zero-order valence-electron chi connectivity index (χ0n) is 19.6. The molecule has 0 aromatic rings. The molecule has 2 heterocycles. The first-order chi connectivity index (χ1) is 14.1. The van der Waals surface area contributed by atoms with Crippen LogP contribution >= 0.6 is 24.0 Å². The molecule has 6 nitrogen and oxygen atoms in total. The smallest absolute Gasteiger partial charge is 0.191 e. The van der Waals surface area contributed by atoms with Crippen molar-refractivity contribution >= 4 is 29.9 Å². The van der Waals surface area contributed by atoms with Gasteiger partial charge in [-0.25, -0.2) is 0 Å². The van der Waals surface area contributed by atoms with Crippen molar-refractivity contribution in [3.05, 3.63) is 0 Å². The first kappa shape index (κ1) is 26.1. The Kier molecular flexibility index (Phi) is 11.7. The zero-order valence-corrected chi connectivity index (χ0v) is 22.0. The number of halogens is 1. The van der Waals surface area contributed by atoms with Crippen LogP contribution in [0, 0.1) is 11.8 Å². The predicted octanol–water partition coefficient (Wildman–Crippen LogP) is 3.17. The van der Waals surface area contributed by atoms with Crippen LogP contribution in [0.25, 0.3) is 0 Å². The molecule has 176 valence electrons. The summed E-state index contributed by atoms with van der Waals surface area (Å²) in [6.07, 6.45) is 9.32. The van der Waals surface area contributed by atoms with E-state index in [1.807, 2.05) is 7.05 Å². The van der Waals surface area contributed by atoms with Gasteiger partial charge in [-0.3, -0.25) is 9.89 Å². The van der Waals surface area contributed by atoms with Gasteiger partial charge in [-0.15, -0.1) is 24.0 Å². The fraction of sp³-hybridized carbons (Fsp3) is 0.957. The summed E-state index contributed by atoms with van der Waals surface area (Å²) in [4.78, 5) is 9.88. The fourth-order valence-electron chi connectivity index (χ4n) is 5.56. The lowest BCUT2D eigenvalue weighted by Gasteiger charge is -2.48. The maximum absolute atomic E-state index is 5.62. The summed E-state index contributed by atoms with van der Waals surface area (Å²) in [5.41, 5.74) is 0.276. The van der Waals surface area contributed by atoms with Gasteiger partial charge in [0.15, 0.2) is 5.96 Å². The summed E-state index contributed by atoms with van der Waals surface area (Å²) in [5.74, 6) is 2.45. The van der Waals surface area contributed by atoms with Crippen LogP contribution in [0.5, 0.6) is 0 Å². The number of likely N-dealkylation sites (tertiary alicyclic amines) is 1. The van der Waals surface area contributed by atoms with Gasteiger partial charge in [-0.1, -0.05) is 33.1 Å². The average molecular weight is 536 g/mol. The van der Waals surface area contributed by atoms with Gasteiger partial charge in [-0.05, 0) is 44.1 Å². The zero-order chi connectivity index (χ0) is 20.5. The lowest BCUT2D eigenvalue weighted by Crippen LogP contribution is -2.60. The number of morpholine rings is 1. The third kappa shape index (κ3) is 7.78. The molecule has 0 bridgehead atoms. The van der Waals surface area contributed by atoms with Crippen molar-refractivity contribution in [1.29, 1.82) is 0 Å². The molecule has 7 heteroatoms. The third-order valence-corrected chi connectivity index (χ3v) is 7.06. The molecule has 1 aliphatic carbocycles. The molecule has 3 rings (SSSR count). The quantitative estimate of drug-likeness (QED) is 0.298. The Balaban J connectivity index is 0.00000320. The molecular weight excluding hydrogens is 489 g/mol. The molecular formula is C23H46IN5O. The maximum Gasteiger partial charge on any atom is 0.191 e. The van der Waals surface area contributed by atoms with E-state index in [4.69, 9.17) is 4.74 Å². The van der Waals surface area contributed by atoms with E-state index in [-0.39, 0.29) is 29.5 Å². The molecule has 3 aliphatic rings. The first-order valence-corrected chi connectivity index (χ1v) is 12.1. The van der Waals surface area contributed by atoms with E-state index < -0.39 is 0 Å². The van der Waals surface area contributed by atoms with Crippen molar-refractivity contribution < 1.29 is 4.74 Å². The molecule has 0 radical (unpaired) electrons. The van der Waals surface area contributed by atoms with Crippen LogP contribution < -0.4 is 10.6 Å². The van der Waals surface area contributed by atoms with E-state index >= 15 is 0 Å². The van der Waals surface area contributed by atoms with Crippen molar-refractivity contribution in [2.75, 3.05) is 66.1 Å². The molecule has 30 heavy (non-hydrogen) atoms. The number of nitrogens with one attached hydrogen (secondary N) is 2. The van der Waals surface area contributed by atoms with Crippen molar-refractivity contribution in [3.8, 4) is 0 Å². The number of hydrogen-bond acceptors (Lipinski definition) is 4. The molecule has 0 spiro atoms. The number of aliphatic imine (C=N–C) groups is 1. The normalized spacial score (nSPS) is 26.3. The van der Waals surface area contributed by atoms with Gasteiger partial charge in [-0.2, -0.15) is 0 Å². The second-order valence-electron chi connectivity index (χ2n) is 9.85. The molecule has 0 aromatic heterocycles. The number of rotatable bonds is 7. The number of hydrogen-bond donors (Lipinski definition) is 2. The second-order valence-corrected chi connectivity index (χ2v) is 9.85. The molecule has 1 unspecified atom stereocenters. The Bertz CT molecular complexity index is 504. The van der Waals surface area contributed by atoms with Crippen LogP contribution in [0.4, 0.5) is 0 Å². The Labute approximate surface area is 202 Å². The summed E-state index contributed by atoms with van der Waals surface area (Å²) in [5, 5.41) is 7.34. The van der Waals surface area contributed by atoms with Crippen LogP contribution in [0.1, 0.15) is 58.8 Å². The summed E-state index contributed by atoms with van der Waals surface area (Å²) < 4.78 is 5.62. The van der Waals surface area contributed by atoms with Crippen LogP contribution in [0.2, 0.25) is 0 Å². The van der Waals surface area contributed by atoms with Crippen molar-refractivity contribution in [1.82, 2.24) is 20.4 Å². The Morgan fingerprint density at radius 1 is 1.07 bits per heavy atom. The fourth-order valence-corrected chi connectivity index (χ4v) is 5.56. The summed E-state index contributed by atoms with van der Waals surface area (Å²) in [6, 6.07) is 0. The van der Waals surface area contributed by atoms with E-state index in [0.29, 0.717) is 0 Å².